The van der Waals surface area contributed by atoms with E-state index in [1.807, 2.05) is 13.8 Å². The van der Waals surface area contributed by atoms with Crippen molar-refractivity contribution in [1.29, 1.82) is 5.26 Å². The highest BCUT2D eigenvalue weighted by Crippen LogP contribution is 2.03. The highest BCUT2D eigenvalue weighted by molar-refractivity contribution is 5.93. The van der Waals surface area contributed by atoms with Gasteiger partial charge < -0.3 is 4.74 Å². The van der Waals surface area contributed by atoms with Crippen LogP contribution in [0.4, 0.5) is 0 Å². The van der Waals surface area contributed by atoms with Gasteiger partial charge in [0.15, 0.2) is 0 Å². The third-order valence-electron chi connectivity index (χ3n) is 1.09. The molecule has 0 spiro atoms. The number of hydrogen-bond donors (Lipinski definition) is 0. The Morgan fingerprint density at radius 2 is 1.85 bits per heavy atom. The molecule has 0 aromatic rings. The van der Waals surface area contributed by atoms with Gasteiger partial charge in [-0.05, 0) is 20.8 Å². The van der Waals surface area contributed by atoms with Crippen LogP contribution < -0.4 is 0 Å². The Morgan fingerprint density at radius 1 is 1.38 bits per heavy atom. The molecular formula is C10H17NO2. The first-order chi connectivity index (χ1) is 6.13. The highest BCUT2D eigenvalue weighted by Gasteiger charge is 2.10. The average Bonchev–Trinajstić information content (AvgIpc) is 2.09. The van der Waals surface area contributed by atoms with Crippen LogP contribution in [0.3, 0.4) is 0 Å². The van der Waals surface area contributed by atoms with E-state index in [9.17, 15) is 4.79 Å². The molecule has 3 nitrogen and oxygen atoms in total. The van der Waals surface area contributed by atoms with Crippen molar-refractivity contribution >= 4 is 5.97 Å². The molecule has 0 fully saturated rings. The van der Waals surface area contributed by atoms with Gasteiger partial charge in [-0.2, -0.15) is 5.26 Å². The normalized spacial score (nSPS) is 7.38. The molecule has 0 atom stereocenters. The lowest BCUT2D eigenvalue weighted by atomic mass is 10.2. The highest BCUT2D eigenvalue weighted by atomic mass is 16.5. The van der Waals surface area contributed by atoms with Gasteiger partial charge in [-0.3, -0.25) is 0 Å². The van der Waals surface area contributed by atoms with E-state index in [-0.39, 0.29) is 5.57 Å². The topological polar surface area (TPSA) is 50.1 Å². The molecule has 13 heavy (non-hydrogen) atoms. The standard InChI is InChI=1S/C8H11NO2.C2H6/c1-4-11-8(10)7(5-9)6(2)3;1-2/h4H2,1-3H3;1-2H3. The van der Waals surface area contributed by atoms with E-state index in [0.29, 0.717) is 12.2 Å². The van der Waals surface area contributed by atoms with E-state index in [2.05, 4.69) is 4.74 Å². The predicted octanol–water partition coefficient (Wildman–Crippen LogP) is 2.44. The summed E-state index contributed by atoms with van der Waals surface area (Å²) in [5.74, 6) is -0.532. The van der Waals surface area contributed by atoms with Crippen molar-refractivity contribution in [2.75, 3.05) is 6.61 Å². The van der Waals surface area contributed by atoms with Gasteiger partial charge >= 0.3 is 5.97 Å². The SMILES string of the molecule is CC.CCOC(=O)C(C#N)=C(C)C. The van der Waals surface area contributed by atoms with Crippen molar-refractivity contribution in [3.05, 3.63) is 11.1 Å². The molecule has 74 valence electrons. The largest absolute Gasteiger partial charge is 0.462 e. The Kier molecular flexibility index (Phi) is 9.63. The van der Waals surface area contributed by atoms with Crippen LogP contribution in [0, 0.1) is 11.3 Å². The minimum atomic E-state index is -0.532. The summed E-state index contributed by atoms with van der Waals surface area (Å²) >= 11 is 0. The van der Waals surface area contributed by atoms with Gasteiger partial charge in [-0.15, -0.1) is 0 Å². The van der Waals surface area contributed by atoms with Gasteiger partial charge in [-0.25, -0.2) is 4.79 Å². The first-order valence-corrected chi connectivity index (χ1v) is 4.38. The number of esters is 1. The van der Waals surface area contributed by atoms with Crippen molar-refractivity contribution in [3.63, 3.8) is 0 Å². The Balaban J connectivity index is 0. The summed E-state index contributed by atoms with van der Waals surface area (Å²) in [7, 11) is 0. The van der Waals surface area contributed by atoms with Crippen molar-refractivity contribution in [1.82, 2.24) is 0 Å². The van der Waals surface area contributed by atoms with E-state index in [4.69, 9.17) is 5.26 Å². The fourth-order valence-electron chi connectivity index (χ4n) is 0.565. The van der Waals surface area contributed by atoms with Crippen LogP contribution in [0.15, 0.2) is 11.1 Å². The molecule has 0 unspecified atom stereocenters. The molecule has 0 bridgehead atoms. The number of allylic oxidation sites excluding steroid dienone is 1. The number of ether oxygens (including phenoxy) is 1. The van der Waals surface area contributed by atoms with Crippen molar-refractivity contribution in [2.45, 2.75) is 34.6 Å². The molecule has 0 rings (SSSR count). The molecule has 0 radical (unpaired) electrons. The fraction of sp³-hybridized carbons (Fsp3) is 0.600. The van der Waals surface area contributed by atoms with Gasteiger partial charge in [-0.1, -0.05) is 19.4 Å². The number of hydrogen-bond acceptors (Lipinski definition) is 3. The summed E-state index contributed by atoms with van der Waals surface area (Å²) in [5, 5.41) is 8.48. The zero-order chi connectivity index (χ0) is 10.9. The lowest BCUT2D eigenvalue weighted by Gasteiger charge is -1.99. The molecule has 0 aromatic carbocycles. The van der Waals surface area contributed by atoms with Crippen LogP contribution >= 0.6 is 0 Å². The summed E-state index contributed by atoms with van der Waals surface area (Å²) in [5.41, 5.74) is 0.790. The maximum atomic E-state index is 10.9. The van der Waals surface area contributed by atoms with E-state index in [1.54, 1.807) is 26.8 Å². The van der Waals surface area contributed by atoms with Crippen LogP contribution in [0.25, 0.3) is 0 Å². The molecule has 0 aliphatic carbocycles. The zero-order valence-corrected chi connectivity index (χ0v) is 8.97. The van der Waals surface area contributed by atoms with Crippen LogP contribution in [-0.4, -0.2) is 12.6 Å². The Bertz CT molecular complexity index is 220. The minimum absolute atomic E-state index is 0.104. The van der Waals surface area contributed by atoms with E-state index < -0.39 is 5.97 Å². The monoisotopic (exact) mass is 183 g/mol. The summed E-state index contributed by atoms with van der Waals surface area (Å²) < 4.78 is 4.64. The Labute approximate surface area is 80.0 Å². The third kappa shape index (κ3) is 5.92. The van der Waals surface area contributed by atoms with E-state index >= 15 is 0 Å². The van der Waals surface area contributed by atoms with Gasteiger partial charge in [0.05, 0.1) is 6.61 Å². The first-order valence-electron chi connectivity index (χ1n) is 4.38. The minimum Gasteiger partial charge on any atom is -0.462 e. The number of carbonyl (C=O) groups excluding carboxylic acids is 1. The Hall–Kier alpha value is -1.30. The summed E-state index contributed by atoms with van der Waals surface area (Å²) in [6.45, 7) is 9.42. The molecule has 0 N–H and O–H groups in total. The predicted molar refractivity (Wildman–Crippen MR) is 52.0 cm³/mol. The van der Waals surface area contributed by atoms with Crippen LogP contribution in [-0.2, 0) is 9.53 Å². The molecule has 0 saturated heterocycles. The second-order valence-corrected chi connectivity index (χ2v) is 2.21. The quantitative estimate of drug-likeness (QED) is 0.375. The fourth-order valence-corrected chi connectivity index (χ4v) is 0.565. The van der Waals surface area contributed by atoms with Gasteiger partial charge in [0, 0.05) is 0 Å². The second-order valence-electron chi connectivity index (χ2n) is 2.21. The molecule has 0 aliphatic heterocycles. The molecule has 0 amide bonds. The van der Waals surface area contributed by atoms with Crippen molar-refractivity contribution in [2.24, 2.45) is 0 Å². The summed E-state index contributed by atoms with van der Waals surface area (Å²) in [4.78, 5) is 10.9. The lowest BCUT2D eigenvalue weighted by Crippen LogP contribution is -2.07. The Morgan fingerprint density at radius 3 is 2.08 bits per heavy atom. The zero-order valence-electron chi connectivity index (χ0n) is 8.97. The van der Waals surface area contributed by atoms with Crippen molar-refractivity contribution < 1.29 is 9.53 Å². The lowest BCUT2D eigenvalue weighted by molar-refractivity contribution is -0.138. The number of carbonyl (C=O) groups is 1. The molecule has 0 aromatic heterocycles. The van der Waals surface area contributed by atoms with Crippen molar-refractivity contribution in [3.8, 4) is 6.07 Å². The average molecular weight is 183 g/mol. The number of nitriles is 1. The summed E-state index contributed by atoms with van der Waals surface area (Å²) in [6.07, 6.45) is 0. The van der Waals surface area contributed by atoms with Crippen LogP contribution in [0.1, 0.15) is 34.6 Å². The molecule has 0 aliphatic rings. The van der Waals surface area contributed by atoms with Crippen LogP contribution in [0.5, 0.6) is 0 Å². The maximum Gasteiger partial charge on any atom is 0.348 e. The molecule has 0 heterocycles. The van der Waals surface area contributed by atoms with Gasteiger partial charge in [0.25, 0.3) is 0 Å². The molecule has 3 heteroatoms. The van der Waals surface area contributed by atoms with Gasteiger partial charge in [0.1, 0.15) is 11.6 Å². The van der Waals surface area contributed by atoms with E-state index in [0.717, 1.165) is 0 Å². The molecule has 0 saturated carbocycles. The smallest absolute Gasteiger partial charge is 0.348 e. The first kappa shape index (κ1) is 14.2. The van der Waals surface area contributed by atoms with Crippen LogP contribution in [0.2, 0.25) is 0 Å². The van der Waals surface area contributed by atoms with E-state index in [1.165, 1.54) is 0 Å². The maximum absolute atomic E-state index is 10.9. The third-order valence-corrected chi connectivity index (χ3v) is 1.09. The summed E-state index contributed by atoms with van der Waals surface area (Å²) in [6, 6.07) is 1.79. The second kappa shape index (κ2) is 8.79. The number of nitrogens with zero attached hydrogens (tertiary/aromatic N) is 1. The number of rotatable bonds is 2. The van der Waals surface area contributed by atoms with Gasteiger partial charge in [0.2, 0.25) is 0 Å². The molecular weight excluding hydrogens is 166 g/mol.